The standard InChI is InChI=1S/C18H16N2O2/c1-13-7-9-15(10-8-13)11-12-16-5-3-4-6-17(16)20-14(2)18(21)22-19-20/h3-12H,1-2H3/p+1/b12-11+. The predicted octanol–water partition coefficient (Wildman–Crippen LogP) is 3.03. The van der Waals surface area contributed by atoms with E-state index in [-0.39, 0.29) is 5.63 Å². The molecule has 2 aromatic carbocycles. The van der Waals surface area contributed by atoms with Crippen molar-refractivity contribution in [1.82, 2.24) is 5.27 Å². The molecule has 4 heteroatoms. The number of aromatic amines is 1. The minimum atomic E-state index is -0.364. The number of hydrogen-bond acceptors (Lipinski definition) is 2. The molecule has 1 aromatic heterocycles. The van der Waals surface area contributed by atoms with Crippen LogP contribution in [0.2, 0.25) is 0 Å². The van der Waals surface area contributed by atoms with E-state index in [1.54, 1.807) is 11.6 Å². The van der Waals surface area contributed by atoms with Crippen LogP contribution < -0.4 is 10.3 Å². The average molecular weight is 293 g/mol. The fraction of sp³-hybridized carbons (Fsp3) is 0.111. The molecule has 0 amide bonds. The fourth-order valence-electron chi connectivity index (χ4n) is 2.25. The van der Waals surface area contributed by atoms with Gasteiger partial charge in [0.25, 0.3) is 5.69 Å². The predicted molar refractivity (Wildman–Crippen MR) is 85.7 cm³/mol. The third kappa shape index (κ3) is 2.76. The third-order valence-electron chi connectivity index (χ3n) is 3.57. The molecule has 0 spiro atoms. The Hall–Kier alpha value is -2.88. The molecule has 110 valence electrons. The van der Waals surface area contributed by atoms with Crippen molar-refractivity contribution in [3.8, 4) is 5.69 Å². The van der Waals surface area contributed by atoms with Crippen molar-refractivity contribution in [2.75, 3.05) is 0 Å². The van der Waals surface area contributed by atoms with Gasteiger partial charge in [0.2, 0.25) is 5.69 Å². The van der Waals surface area contributed by atoms with Crippen molar-refractivity contribution in [2.45, 2.75) is 13.8 Å². The summed E-state index contributed by atoms with van der Waals surface area (Å²) in [7, 11) is 0. The molecule has 0 fully saturated rings. The topological polar surface area (TPSA) is 49.9 Å². The Morgan fingerprint density at radius 2 is 1.73 bits per heavy atom. The first kappa shape index (κ1) is 14.1. The van der Waals surface area contributed by atoms with Gasteiger partial charge in [-0.15, -0.1) is 0 Å². The van der Waals surface area contributed by atoms with Crippen LogP contribution >= 0.6 is 0 Å². The highest BCUT2D eigenvalue weighted by Crippen LogP contribution is 2.13. The lowest BCUT2D eigenvalue weighted by Gasteiger charge is -1.98. The zero-order chi connectivity index (χ0) is 15.5. The summed E-state index contributed by atoms with van der Waals surface area (Å²) in [5.41, 5.74) is 4.37. The van der Waals surface area contributed by atoms with E-state index < -0.39 is 0 Å². The first-order chi connectivity index (χ1) is 10.6. The maximum Gasteiger partial charge on any atom is 0.430 e. The summed E-state index contributed by atoms with van der Waals surface area (Å²) in [6, 6.07) is 16.1. The Balaban J connectivity index is 2.00. The number of rotatable bonds is 3. The van der Waals surface area contributed by atoms with Crippen LogP contribution in [-0.2, 0) is 0 Å². The molecular formula is C18H17N2O2+. The zero-order valence-corrected chi connectivity index (χ0v) is 12.5. The van der Waals surface area contributed by atoms with Gasteiger partial charge >= 0.3 is 5.63 Å². The summed E-state index contributed by atoms with van der Waals surface area (Å²) in [5.74, 6) is 0. The van der Waals surface area contributed by atoms with Crippen LogP contribution in [0.1, 0.15) is 22.4 Å². The molecule has 0 aliphatic rings. The molecule has 3 rings (SSSR count). The lowest BCUT2D eigenvalue weighted by molar-refractivity contribution is -0.676. The molecule has 0 atom stereocenters. The molecule has 0 radical (unpaired) electrons. The van der Waals surface area contributed by atoms with Gasteiger partial charge in [-0.1, -0.05) is 48.0 Å². The Morgan fingerprint density at radius 1 is 1.00 bits per heavy atom. The first-order valence-corrected chi connectivity index (χ1v) is 7.09. The summed E-state index contributed by atoms with van der Waals surface area (Å²) >= 11 is 0. The summed E-state index contributed by atoms with van der Waals surface area (Å²) < 4.78 is 6.49. The molecule has 1 N–H and O–H groups in total. The van der Waals surface area contributed by atoms with Crippen molar-refractivity contribution in [1.29, 1.82) is 0 Å². The second kappa shape index (κ2) is 5.85. The molecule has 4 nitrogen and oxygen atoms in total. The highest BCUT2D eigenvalue weighted by Gasteiger charge is 2.20. The number of aromatic nitrogens is 2. The molecule has 0 saturated heterocycles. The van der Waals surface area contributed by atoms with Gasteiger partial charge in [0.15, 0.2) is 0 Å². The van der Waals surface area contributed by atoms with E-state index in [4.69, 9.17) is 4.52 Å². The smallest absolute Gasteiger partial charge is 0.283 e. The normalized spacial score (nSPS) is 11.2. The second-order valence-electron chi connectivity index (χ2n) is 5.20. The lowest BCUT2D eigenvalue weighted by atomic mass is 10.1. The Bertz CT molecular complexity index is 871. The second-order valence-corrected chi connectivity index (χ2v) is 5.20. The summed E-state index contributed by atoms with van der Waals surface area (Å²) in [6.07, 6.45) is 4.07. The van der Waals surface area contributed by atoms with E-state index in [1.807, 2.05) is 36.4 Å². The zero-order valence-electron chi connectivity index (χ0n) is 12.5. The maximum absolute atomic E-state index is 11.5. The SMILES string of the molecule is Cc1ccc(/C=C/c2ccccc2-[n+]2[nH]oc(=O)c2C)cc1. The van der Waals surface area contributed by atoms with E-state index in [9.17, 15) is 4.79 Å². The van der Waals surface area contributed by atoms with Gasteiger partial charge in [0, 0.05) is 18.6 Å². The Kier molecular flexibility index (Phi) is 3.74. The quantitative estimate of drug-likeness (QED) is 0.596. The van der Waals surface area contributed by atoms with Crippen molar-refractivity contribution >= 4 is 12.2 Å². The van der Waals surface area contributed by atoms with Gasteiger partial charge in [-0.3, -0.25) is 4.52 Å². The number of para-hydroxylation sites is 1. The van der Waals surface area contributed by atoms with Gasteiger partial charge < -0.3 is 0 Å². The minimum Gasteiger partial charge on any atom is -0.283 e. The van der Waals surface area contributed by atoms with E-state index in [0.29, 0.717) is 5.69 Å². The van der Waals surface area contributed by atoms with Crippen molar-refractivity contribution in [3.05, 3.63) is 81.3 Å². The Morgan fingerprint density at radius 3 is 2.41 bits per heavy atom. The number of nitrogens with one attached hydrogen (secondary N) is 1. The van der Waals surface area contributed by atoms with E-state index in [2.05, 4.69) is 36.5 Å². The van der Waals surface area contributed by atoms with Crippen LogP contribution in [0.15, 0.2) is 57.8 Å². The largest absolute Gasteiger partial charge is 0.430 e. The van der Waals surface area contributed by atoms with E-state index >= 15 is 0 Å². The molecule has 0 bridgehead atoms. The van der Waals surface area contributed by atoms with Crippen LogP contribution in [-0.4, -0.2) is 5.27 Å². The van der Waals surface area contributed by atoms with Crippen LogP contribution in [0.4, 0.5) is 0 Å². The summed E-state index contributed by atoms with van der Waals surface area (Å²) in [5, 5.41) is 2.63. The van der Waals surface area contributed by atoms with Crippen LogP contribution in [0.3, 0.4) is 0 Å². The number of H-pyrrole nitrogens is 1. The molecule has 1 heterocycles. The van der Waals surface area contributed by atoms with Gasteiger partial charge in [0.05, 0.1) is 0 Å². The van der Waals surface area contributed by atoms with Crippen molar-refractivity contribution < 1.29 is 9.20 Å². The fourth-order valence-corrected chi connectivity index (χ4v) is 2.25. The van der Waals surface area contributed by atoms with E-state index in [0.717, 1.165) is 16.8 Å². The number of hydrogen-bond donors (Lipinski definition) is 1. The molecule has 22 heavy (non-hydrogen) atoms. The summed E-state index contributed by atoms with van der Waals surface area (Å²) in [4.78, 5) is 11.5. The average Bonchev–Trinajstić information content (AvgIpc) is 2.87. The molecular weight excluding hydrogens is 276 g/mol. The van der Waals surface area contributed by atoms with Gasteiger partial charge in [-0.05, 0) is 34.6 Å². The highest BCUT2D eigenvalue weighted by molar-refractivity contribution is 5.72. The number of aryl methyl sites for hydroxylation is 1. The van der Waals surface area contributed by atoms with E-state index in [1.165, 1.54) is 5.56 Å². The lowest BCUT2D eigenvalue weighted by Crippen LogP contribution is -2.37. The highest BCUT2D eigenvalue weighted by atomic mass is 16.5. The third-order valence-corrected chi connectivity index (χ3v) is 3.57. The summed E-state index contributed by atoms with van der Waals surface area (Å²) in [6.45, 7) is 3.79. The maximum atomic E-state index is 11.5. The molecule has 0 aliphatic heterocycles. The molecule has 3 aromatic rings. The molecule has 0 aliphatic carbocycles. The Labute approximate surface area is 128 Å². The van der Waals surface area contributed by atoms with Crippen molar-refractivity contribution in [2.24, 2.45) is 0 Å². The van der Waals surface area contributed by atoms with Crippen molar-refractivity contribution in [3.63, 3.8) is 0 Å². The van der Waals surface area contributed by atoms with Gasteiger partial charge in [-0.25, -0.2) is 4.79 Å². The number of benzene rings is 2. The first-order valence-electron chi connectivity index (χ1n) is 7.09. The van der Waals surface area contributed by atoms with Crippen LogP contribution in [0.25, 0.3) is 17.8 Å². The monoisotopic (exact) mass is 293 g/mol. The van der Waals surface area contributed by atoms with Gasteiger partial charge in [0.1, 0.15) is 0 Å². The number of nitrogens with zero attached hydrogens (tertiary/aromatic N) is 1. The minimum absolute atomic E-state index is 0.364. The van der Waals surface area contributed by atoms with Crippen LogP contribution in [0.5, 0.6) is 0 Å². The van der Waals surface area contributed by atoms with Crippen LogP contribution in [0, 0.1) is 13.8 Å². The molecule has 0 saturated carbocycles. The van der Waals surface area contributed by atoms with Gasteiger partial charge in [-0.2, -0.15) is 0 Å². The molecule has 0 unspecified atom stereocenters.